The monoisotopic (exact) mass is 847 g/mol. The summed E-state index contributed by atoms with van der Waals surface area (Å²) in [5.74, 6) is -1.20. The molecule has 0 atom stereocenters. The number of anilines is 4. The zero-order valence-corrected chi connectivity index (χ0v) is 32.6. The lowest BCUT2D eigenvalue weighted by atomic mass is 10.1. The number of aromatic carboxylic acids is 2. The molecule has 60 heavy (non-hydrogen) atoms. The fourth-order valence-corrected chi connectivity index (χ4v) is 6.38. The van der Waals surface area contributed by atoms with Crippen LogP contribution in [0.2, 0.25) is 0 Å². The lowest BCUT2D eigenvalue weighted by molar-refractivity contribution is -0.0692. The Morgan fingerprint density at radius 1 is 0.733 bits per heavy atom. The molecule has 1 aliphatic carbocycles. The van der Waals surface area contributed by atoms with Gasteiger partial charge in [-0.25, -0.2) is 9.59 Å². The van der Waals surface area contributed by atoms with E-state index >= 15 is 0 Å². The highest BCUT2D eigenvalue weighted by molar-refractivity contribution is 7.09. The van der Waals surface area contributed by atoms with Crippen LogP contribution in [0.1, 0.15) is 44.1 Å². The van der Waals surface area contributed by atoms with Gasteiger partial charge in [-0.3, -0.25) is 4.98 Å². The topological polar surface area (TPSA) is 157 Å². The minimum Gasteiger partial charge on any atom is -0.493 e. The highest BCUT2D eigenvalue weighted by Gasteiger charge is 2.24. The normalized spacial score (nSPS) is 12.0. The minimum absolute atomic E-state index is 0.0469. The van der Waals surface area contributed by atoms with Gasteiger partial charge in [0, 0.05) is 52.2 Å². The Labute approximate surface area is 345 Å². The van der Waals surface area contributed by atoms with Crippen molar-refractivity contribution in [3.8, 4) is 23.0 Å². The maximum Gasteiger partial charge on any atom is 0.387 e. The second-order valence-corrected chi connectivity index (χ2v) is 14.0. The third-order valence-electron chi connectivity index (χ3n) is 8.88. The fraction of sp³-hybridized carbons (Fsp3) is 0.214. The molecular weight excluding hydrogens is 811 g/mol. The molecule has 2 heterocycles. The number of alkyl halides is 4. The number of halogens is 4. The number of carboxylic acids is 2. The van der Waals surface area contributed by atoms with Crippen LogP contribution >= 0.6 is 11.3 Å². The molecule has 0 spiro atoms. The molecule has 0 aliphatic heterocycles. The third kappa shape index (κ3) is 11.8. The first-order valence-corrected chi connectivity index (χ1v) is 19.1. The SMILES string of the molecule is COc1ccc(N(Cc2cncs2)c2cccc(C(=O)O)c2)cc1OCC1CC1.O=C(O)c1ccc(N(Cc2cccnn2)c2ccc(OC(F)F)c(OC(F)F)c2)cc1. The van der Waals surface area contributed by atoms with Crippen LogP contribution in [-0.2, 0) is 13.1 Å². The fourth-order valence-electron chi connectivity index (χ4n) is 5.79. The largest absolute Gasteiger partial charge is 0.493 e. The van der Waals surface area contributed by atoms with Crippen molar-refractivity contribution in [2.75, 3.05) is 23.5 Å². The van der Waals surface area contributed by atoms with Crippen molar-refractivity contribution in [2.24, 2.45) is 5.92 Å². The van der Waals surface area contributed by atoms with Crippen molar-refractivity contribution in [1.82, 2.24) is 15.2 Å². The highest BCUT2D eigenvalue weighted by atomic mass is 32.1. The highest BCUT2D eigenvalue weighted by Crippen LogP contribution is 2.39. The average Bonchev–Trinajstić information content (AvgIpc) is 3.93. The Hall–Kier alpha value is -6.95. The predicted molar refractivity (Wildman–Crippen MR) is 214 cm³/mol. The summed E-state index contributed by atoms with van der Waals surface area (Å²) in [5, 5.41) is 26.3. The van der Waals surface area contributed by atoms with E-state index in [1.807, 2.05) is 30.5 Å². The molecule has 312 valence electrons. The number of ether oxygens (including phenoxy) is 4. The van der Waals surface area contributed by atoms with E-state index in [1.54, 1.807) is 59.2 Å². The van der Waals surface area contributed by atoms with Gasteiger partial charge >= 0.3 is 25.2 Å². The Morgan fingerprint density at radius 3 is 1.97 bits per heavy atom. The maximum absolute atomic E-state index is 12.8. The molecule has 0 amide bonds. The predicted octanol–water partition coefficient (Wildman–Crippen LogP) is 9.69. The lowest BCUT2D eigenvalue weighted by Crippen LogP contribution is -2.18. The third-order valence-corrected chi connectivity index (χ3v) is 9.64. The zero-order valence-electron chi connectivity index (χ0n) is 31.7. The second kappa shape index (κ2) is 20.1. The van der Waals surface area contributed by atoms with Crippen molar-refractivity contribution >= 4 is 46.0 Å². The van der Waals surface area contributed by atoms with Crippen LogP contribution < -0.4 is 28.7 Å². The standard InChI is InChI=1S/C22H22N2O4S.C20H15F4N3O4/c1-27-20-8-7-18(10-21(20)28-13-15-5-6-15)24(12-19-11-23-14-29-19)17-4-2-3-16(9-17)22(25)26;21-19(22)30-16-8-7-15(10-17(16)31-20(23)24)27(11-13-2-1-9-25-26-13)14-5-3-12(4-6-14)18(28)29/h2-4,7-11,14-15H,5-6,12-13H2,1H3,(H,25,26);1-10,19-20H,11H2,(H,28,29). The number of aromatic nitrogens is 3. The molecule has 0 saturated heterocycles. The summed E-state index contributed by atoms with van der Waals surface area (Å²) in [6.07, 6.45) is 5.72. The van der Waals surface area contributed by atoms with E-state index in [2.05, 4.69) is 29.6 Å². The van der Waals surface area contributed by atoms with Crippen molar-refractivity contribution in [2.45, 2.75) is 39.2 Å². The Bertz CT molecular complexity index is 2340. The van der Waals surface area contributed by atoms with Gasteiger partial charge in [0.25, 0.3) is 0 Å². The molecule has 2 N–H and O–H groups in total. The number of benzene rings is 4. The summed E-state index contributed by atoms with van der Waals surface area (Å²) in [6.45, 7) is -5.13. The molecule has 0 radical (unpaired) electrons. The second-order valence-electron chi connectivity index (χ2n) is 13.0. The van der Waals surface area contributed by atoms with E-state index in [0.717, 1.165) is 28.4 Å². The van der Waals surface area contributed by atoms with Gasteiger partial charge in [0.1, 0.15) is 0 Å². The van der Waals surface area contributed by atoms with Gasteiger partial charge in [0.2, 0.25) is 0 Å². The van der Waals surface area contributed by atoms with E-state index < -0.39 is 36.7 Å². The average molecular weight is 848 g/mol. The number of methoxy groups -OCH3 is 1. The van der Waals surface area contributed by atoms with Crippen LogP contribution in [0.15, 0.2) is 115 Å². The summed E-state index contributed by atoms with van der Waals surface area (Å²) >= 11 is 1.56. The lowest BCUT2D eigenvalue weighted by Gasteiger charge is -2.26. The summed E-state index contributed by atoms with van der Waals surface area (Å²) in [7, 11) is 1.63. The van der Waals surface area contributed by atoms with Gasteiger partial charge < -0.3 is 39.0 Å². The summed E-state index contributed by atoms with van der Waals surface area (Å²) < 4.78 is 70.9. The molecule has 1 saturated carbocycles. The number of nitrogens with zero attached hydrogens (tertiary/aromatic N) is 5. The van der Waals surface area contributed by atoms with E-state index in [4.69, 9.17) is 14.6 Å². The minimum atomic E-state index is -3.27. The molecule has 18 heteroatoms. The first-order chi connectivity index (χ1) is 29.0. The zero-order chi connectivity index (χ0) is 42.6. The van der Waals surface area contributed by atoms with Gasteiger partial charge in [-0.2, -0.15) is 27.8 Å². The van der Waals surface area contributed by atoms with Crippen molar-refractivity contribution < 1.29 is 56.3 Å². The number of hydrogen-bond donors (Lipinski definition) is 2. The first kappa shape index (κ1) is 42.7. The van der Waals surface area contributed by atoms with Crippen LogP contribution in [0.5, 0.6) is 23.0 Å². The molecular formula is C42H37F4N5O8S. The summed E-state index contributed by atoms with van der Waals surface area (Å²) in [5.41, 5.74) is 5.05. The Balaban J connectivity index is 0.000000202. The van der Waals surface area contributed by atoms with Gasteiger partial charge in [0.05, 0.1) is 49.1 Å². The summed E-state index contributed by atoms with van der Waals surface area (Å²) in [4.78, 5) is 31.5. The van der Waals surface area contributed by atoms with Crippen LogP contribution in [0.3, 0.4) is 0 Å². The smallest absolute Gasteiger partial charge is 0.387 e. The van der Waals surface area contributed by atoms with E-state index in [1.165, 1.54) is 49.4 Å². The van der Waals surface area contributed by atoms with Gasteiger partial charge in [-0.15, -0.1) is 11.3 Å². The molecule has 1 fully saturated rings. The molecule has 4 aromatic carbocycles. The van der Waals surface area contributed by atoms with Crippen molar-refractivity contribution in [1.29, 1.82) is 0 Å². The molecule has 2 aromatic heterocycles. The van der Waals surface area contributed by atoms with Gasteiger partial charge in [-0.1, -0.05) is 6.07 Å². The first-order valence-electron chi connectivity index (χ1n) is 18.2. The molecule has 7 rings (SSSR count). The van der Waals surface area contributed by atoms with Crippen molar-refractivity contribution in [3.63, 3.8) is 0 Å². The number of rotatable bonds is 18. The number of carboxylic acid groups (broad SMARTS) is 2. The van der Waals surface area contributed by atoms with E-state index in [0.29, 0.717) is 41.9 Å². The molecule has 6 aromatic rings. The quantitative estimate of drug-likeness (QED) is 0.0789. The maximum atomic E-state index is 12.8. The molecule has 1 aliphatic rings. The Kier molecular flexibility index (Phi) is 14.3. The molecule has 0 bridgehead atoms. The van der Waals surface area contributed by atoms with Crippen LogP contribution in [-0.4, -0.2) is 64.3 Å². The summed E-state index contributed by atoms with van der Waals surface area (Å²) in [6, 6.07) is 25.4. The number of hydrogen-bond acceptors (Lipinski definition) is 12. The molecule has 13 nitrogen and oxygen atoms in total. The Morgan fingerprint density at radius 2 is 1.37 bits per heavy atom. The van der Waals surface area contributed by atoms with Crippen LogP contribution in [0, 0.1) is 5.92 Å². The van der Waals surface area contributed by atoms with E-state index in [9.17, 15) is 32.3 Å². The van der Waals surface area contributed by atoms with Crippen molar-refractivity contribution in [3.05, 3.63) is 137 Å². The van der Waals surface area contributed by atoms with Gasteiger partial charge in [-0.05, 0) is 97.6 Å². The van der Waals surface area contributed by atoms with Crippen LogP contribution in [0.25, 0.3) is 0 Å². The molecule has 0 unspecified atom stereocenters. The van der Waals surface area contributed by atoms with Gasteiger partial charge in [0.15, 0.2) is 23.0 Å². The number of carbonyl (C=O) groups is 2. The number of thiazole rings is 1. The van der Waals surface area contributed by atoms with Crippen LogP contribution in [0.4, 0.5) is 40.3 Å². The van der Waals surface area contributed by atoms with E-state index in [-0.39, 0.29) is 23.4 Å².